The van der Waals surface area contributed by atoms with Gasteiger partial charge in [-0.25, -0.2) is 0 Å². The molecule has 0 aliphatic rings. The molecule has 0 heterocycles. The van der Waals surface area contributed by atoms with E-state index in [1.54, 1.807) is 0 Å². The molecule has 0 rings (SSSR count). The first-order valence-corrected chi connectivity index (χ1v) is 6.32. The standard InChI is InChI=1S/C10H16N2O8.2N3.2Na.2H2O/c13-7(14)3-11(4-8(15)16)1-2-12(5-9(17)18)6-10(19)20;2*1-3-2;;;;/h1-6H2,(H,13,14)(H,15,16)(H,17,18)(H,19,20);;;;;2*1H2/q;2*-1;2*+1;;. The number of carbonyl (C=O) groups is 4. The quantitative estimate of drug-likeness (QED) is 0.0979. The molecule has 0 aliphatic heterocycles. The summed E-state index contributed by atoms with van der Waals surface area (Å²) >= 11 is 0. The molecule has 162 valence electrons. The fourth-order valence-corrected chi connectivity index (χ4v) is 1.48. The molecule has 0 aromatic rings. The van der Waals surface area contributed by atoms with E-state index in [9.17, 15) is 19.2 Å². The Kier molecular flexibility index (Phi) is 49.6. The largest absolute Gasteiger partial charge is 1.00 e. The van der Waals surface area contributed by atoms with Crippen LogP contribution in [0.5, 0.6) is 0 Å². The topological polar surface area (TPSA) is 336 Å². The van der Waals surface area contributed by atoms with Crippen molar-refractivity contribution in [1.82, 2.24) is 9.80 Å². The molecule has 20 heteroatoms. The van der Waals surface area contributed by atoms with E-state index in [2.05, 4.69) is 0 Å². The van der Waals surface area contributed by atoms with Crippen molar-refractivity contribution in [3.8, 4) is 0 Å². The number of rotatable bonds is 11. The zero-order valence-corrected chi connectivity index (χ0v) is 20.2. The third-order valence-corrected chi connectivity index (χ3v) is 2.17. The molecule has 0 saturated heterocycles. The summed E-state index contributed by atoms with van der Waals surface area (Å²) < 4.78 is 0. The Morgan fingerprint density at radius 2 is 0.700 bits per heavy atom. The van der Waals surface area contributed by atoms with E-state index < -0.39 is 50.1 Å². The van der Waals surface area contributed by atoms with Gasteiger partial charge in [0.05, 0.1) is 26.2 Å². The number of carboxylic acids is 4. The summed E-state index contributed by atoms with van der Waals surface area (Å²) in [4.78, 5) is 47.4. The number of aliphatic carboxylic acids is 4. The first-order valence-electron chi connectivity index (χ1n) is 6.32. The van der Waals surface area contributed by atoms with Gasteiger partial charge in [-0.3, -0.25) is 38.8 Å². The summed E-state index contributed by atoms with van der Waals surface area (Å²) in [5, 5.41) is 34.5. The second-order valence-corrected chi connectivity index (χ2v) is 4.18. The molecule has 0 unspecified atom stereocenters. The van der Waals surface area contributed by atoms with Crippen LogP contribution in [0, 0.1) is 0 Å². The van der Waals surface area contributed by atoms with E-state index in [0.717, 1.165) is 9.80 Å². The maximum atomic E-state index is 10.6. The molecule has 0 atom stereocenters. The minimum atomic E-state index is -1.23. The van der Waals surface area contributed by atoms with Crippen molar-refractivity contribution in [2.45, 2.75) is 0 Å². The van der Waals surface area contributed by atoms with Crippen LogP contribution >= 0.6 is 0 Å². The van der Waals surface area contributed by atoms with Gasteiger partial charge in [0.1, 0.15) is 0 Å². The van der Waals surface area contributed by atoms with E-state index in [4.69, 9.17) is 42.6 Å². The molecule has 0 fully saturated rings. The van der Waals surface area contributed by atoms with Crippen LogP contribution in [0.1, 0.15) is 0 Å². The first-order chi connectivity index (χ1) is 12.0. The van der Waals surface area contributed by atoms with Gasteiger partial charge in [-0.2, -0.15) is 0 Å². The van der Waals surface area contributed by atoms with E-state index >= 15 is 0 Å². The number of nitrogens with zero attached hydrogens (tertiary/aromatic N) is 8. The molecule has 0 aromatic heterocycles. The molecule has 30 heavy (non-hydrogen) atoms. The first kappa shape index (κ1) is 46.5. The maximum Gasteiger partial charge on any atom is 1.00 e. The van der Waals surface area contributed by atoms with Crippen LogP contribution in [-0.2, 0) is 19.2 Å². The van der Waals surface area contributed by atoms with Crippen LogP contribution in [0.15, 0.2) is 0 Å². The molecular formula is C10H20N8Na2O10. The SMILES string of the molecule is O.O.O=C(O)CN(CCN(CC(=O)O)CC(=O)O)CC(=O)O.[N-]=[N+]=[N-].[N-]=[N+]=[N-].[Na+].[Na+]. The van der Waals surface area contributed by atoms with Crippen LogP contribution in [0.3, 0.4) is 0 Å². The molecule has 0 aromatic carbocycles. The summed E-state index contributed by atoms with van der Waals surface area (Å²) in [5.41, 5.74) is 27.0. The van der Waals surface area contributed by atoms with Gasteiger partial charge in [-0.15, -0.1) is 0 Å². The van der Waals surface area contributed by atoms with Gasteiger partial charge in [0.15, 0.2) is 0 Å². The minimum absolute atomic E-state index is 0. The Hall–Kier alpha value is -1.66. The Balaban J connectivity index is -0.0000000942. The van der Waals surface area contributed by atoms with Crippen LogP contribution in [0.25, 0.3) is 31.9 Å². The predicted molar refractivity (Wildman–Crippen MR) is 90.8 cm³/mol. The normalized spacial score (nSPS) is 7.67. The Bertz CT molecular complexity index is 475. The van der Waals surface area contributed by atoms with Crippen molar-refractivity contribution in [1.29, 1.82) is 0 Å². The molecule has 0 radical (unpaired) electrons. The summed E-state index contributed by atoms with van der Waals surface area (Å²) in [6.45, 7) is -2.25. The Morgan fingerprint density at radius 3 is 0.800 bits per heavy atom. The van der Waals surface area contributed by atoms with Crippen molar-refractivity contribution in [3.63, 3.8) is 0 Å². The smallest absolute Gasteiger partial charge is 0.480 e. The fraction of sp³-hybridized carbons (Fsp3) is 0.600. The van der Waals surface area contributed by atoms with Crippen LogP contribution in [-0.4, -0.2) is 104 Å². The monoisotopic (exact) mass is 458 g/mol. The summed E-state index contributed by atoms with van der Waals surface area (Å²) in [6, 6.07) is 0. The summed E-state index contributed by atoms with van der Waals surface area (Å²) in [7, 11) is 0. The van der Waals surface area contributed by atoms with Crippen molar-refractivity contribution >= 4 is 23.9 Å². The maximum absolute atomic E-state index is 10.6. The van der Waals surface area contributed by atoms with Crippen molar-refractivity contribution < 1.29 is 110 Å². The number of hydrogen-bond donors (Lipinski definition) is 4. The van der Waals surface area contributed by atoms with E-state index in [1.807, 2.05) is 0 Å². The second kappa shape index (κ2) is 32.0. The van der Waals surface area contributed by atoms with Gasteiger partial charge in [0.2, 0.25) is 0 Å². The molecule has 0 bridgehead atoms. The van der Waals surface area contributed by atoms with E-state index in [-0.39, 0.29) is 83.2 Å². The van der Waals surface area contributed by atoms with Crippen LogP contribution in [0.2, 0.25) is 0 Å². The molecule has 0 saturated carbocycles. The minimum Gasteiger partial charge on any atom is -0.480 e. The van der Waals surface area contributed by atoms with Crippen LogP contribution in [0.4, 0.5) is 0 Å². The van der Waals surface area contributed by atoms with Gasteiger partial charge in [-0.1, -0.05) is 0 Å². The van der Waals surface area contributed by atoms with Crippen LogP contribution < -0.4 is 59.1 Å². The fourth-order valence-electron chi connectivity index (χ4n) is 1.48. The molecule has 0 aliphatic carbocycles. The van der Waals surface area contributed by atoms with Gasteiger partial charge < -0.3 is 53.5 Å². The van der Waals surface area contributed by atoms with Gasteiger partial charge in [-0.05, 0) is 0 Å². The average molecular weight is 458 g/mol. The zero-order chi connectivity index (χ0) is 21.1. The molecule has 0 amide bonds. The molecule has 18 nitrogen and oxygen atoms in total. The summed E-state index contributed by atoms with van der Waals surface area (Å²) in [6.07, 6.45) is 0. The van der Waals surface area contributed by atoms with Crippen molar-refractivity contribution in [3.05, 3.63) is 31.9 Å². The van der Waals surface area contributed by atoms with Crippen molar-refractivity contribution in [2.75, 3.05) is 39.3 Å². The van der Waals surface area contributed by atoms with Gasteiger partial charge in [0, 0.05) is 13.1 Å². The third-order valence-electron chi connectivity index (χ3n) is 2.17. The third kappa shape index (κ3) is 45.2. The summed E-state index contributed by atoms with van der Waals surface area (Å²) in [5.74, 6) is -4.91. The number of hydrogen-bond acceptors (Lipinski definition) is 6. The molecular weight excluding hydrogens is 438 g/mol. The Labute approximate surface area is 213 Å². The van der Waals surface area contributed by atoms with E-state index in [1.165, 1.54) is 9.82 Å². The Morgan fingerprint density at radius 1 is 0.567 bits per heavy atom. The van der Waals surface area contributed by atoms with Crippen molar-refractivity contribution in [2.24, 2.45) is 0 Å². The zero-order valence-electron chi connectivity index (χ0n) is 16.2. The number of carboxylic acid groups (broad SMARTS) is 4. The molecule has 0 spiro atoms. The molecule has 8 N–H and O–H groups in total. The van der Waals surface area contributed by atoms with Gasteiger partial charge >= 0.3 is 83.0 Å². The van der Waals surface area contributed by atoms with Gasteiger partial charge in [0.25, 0.3) is 0 Å². The predicted octanol–water partition coefficient (Wildman–Crippen LogP) is -7.98. The van der Waals surface area contributed by atoms with E-state index in [0.29, 0.717) is 0 Å². The average Bonchev–Trinajstić information content (AvgIpc) is 2.43. The second-order valence-electron chi connectivity index (χ2n) is 4.18.